The van der Waals surface area contributed by atoms with E-state index in [0.717, 1.165) is 12.0 Å². The van der Waals surface area contributed by atoms with Gasteiger partial charge in [-0.05, 0) is 50.1 Å². The van der Waals surface area contributed by atoms with Crippen LogP contribution in [0.1, 0.15) is 36.2 Å². The van der Waals surface area contributed by atoms with E-state index in [1.807, 2.05) is 62.4 Å². The van der Waals surface area contributed by atoms with Crippen LogP contribution in [0.5, 0.6) is 0 Å². The van der Waals surface area contributed by atoms with Gasteiger partial charge in [-0.1, -0.05) is 36.0 Å². The number of carbonyl (C=O) groups excluding carboxylic acids is 1. The Bertz CT molecular complexity index is 1110. The molecule has 0 spiro atoms. The summed E-state index contributed by atoms with van der Waals surface area (Å²) >= 11 is 1.51. The highest BCUT2D eigenvalue weighted by atomic mass is 32.2. The van der Waals surface area contributed by atoms with Crippen LogP contribution in [0.15, 0.2) is 58.5 Å². The minimum Gasteiger partial charge on any atom is -0.379 e. The number of para-hydroxylation sites is 1. The highest BCUT2D eigenvalue weighted by molar-refractivity contribution is 7.98. The number of benzene rings is 2. The van der Waals surface area contributed by atoms with Gasteiger partial charge in [-0.15, -0.1) is 0 Å². The number of hydrogen-bond donors (Lipinski definition) is 0. The summed E-state index contributed by atoms with van der Waals surface area (Å²) in [5, 5.41) is 1.30. The maximum Gasteiger partial charge on any atom is 0.262 e. The van der Waals surface area contributed by atoms with Crippen molar-refractivity contribution in [2.45, 2.75) is 43.8 Å². The molecule has 1 aromatic heterocycles. The Labute approximate surface area is 187 Å². The van der Waals surface area contributed by atoms with Crippen LogP contribution in [-0.4, -0.2) is 47.2 Å². The minimum atomic E-state index is -0.0332. The van der Waals surface area contributed by atoms with Crippen molar-refractivity contribution >= 4 is 28.6 Å². The summed E-state index contributed by atoms with van der Waals surface area (Å²) in [6.07, 6.45) is 0.899. The average molecular weight is 440 g/mol. The van der Waals surface area contributed by atoms with Gasteiger partial charge in [0, 0.05) is 38.6 Å². The molecule has 0 N–H and O–H groups in total. The monoisotopic (exact) mass is 439 g/mol. The summed E-state index contributed by atoms with van der Waals surface area (Å²) in [5.74, 6) is 0.583. The Balaban J connectivity index is 1.85. The van der Waals surface area contributed by atoms with E-state index in [-0.39, 0.29) is 17.6 Å². The minimum absolute atomic E-state index is 0.0299. The fraction of sp³-hybridized carbons (Fsp3) is 0.375. The summed E-state index contributed by atoms with van der Waals surface area (Å²) in [6, 6.07) is 15.0. The number of amides is 1. The Hall–Kier alpha value is -2.64. The zero-order valence-corrected chi connectivity index (χ0v) is 19.3. The van der Waals surface area contributed by atoms with Crippen LogP contribution in [0, 0.1) is 0 Å². The van der Waals surface area contributed by atoms with Crippen molar-refractivity contribution in [2.24, 2.45) is 0 Å². The molecule has 2 aromatic carbocycles. The number of hydrogen-bond acceptors (Lipinski definition) is 5. The quantitative estimate of drug-likeness (QED) is 0.284. The topological polar surface area (TPSA) is 64.4 Å². The summed E-state index contributed by atoms with van der Waals surface area (Å²) in [7, 11) is 3.48. The van der Waals surface area contributed by atoms with Crippen LogP contribution >= 0.6 is 11.8 Å². The molecule has 0 radical (unpaired) electrons. The molecular weight excluding hydrogens is 410 g/mol. The van der Waals surface area contributed by atoms with Crippen molar-refractivity contribution in [2.75, 3.05) is 20.7 Å². The molecular formula is C24H29N3O3S. The van der Waals surface area contributed by atoms with Crippen molar-refractivity contribution in [3.05, 3.63) is 70.0 Å². The summed E-state index contributed by atoms with van der Waals surface area (Å²) in [4.78, 5) is 31.7. The van der Waals surface area contributed by atoms with E-state index >= 15 is 0 Å². The predicted octanol–water partition coefficient (Wildman–Crippen LogP) is 4.21. The lowest BCUT2D eigenvalue weighted by Crippen LogP contribution is -2.24. The molecule has 6 nitrogen and oxygen atoms in total. The average Bonchev–Trinajstić information content (AvgIpc) is 2.76. The van der Waals surface area contributed by atoms with Gasteiger partial charge in [0.2, 0.25) is 0 Å². The van der Waals surface area contributed by atoms with Crippen LogP contribution < -0.4 is 5.56 Å². The molecule has 0 aliphatic rings. The Morgan fingerprint density at radius 3 is 2.68 bits per heavy atom. The molecule has 0 unspecified atom stereocenters. The summed E-state index contributed by atoms with van der Waals surface area (Å²) < 4.78 is 7.38. The maximum absolute atomic E-state index is 13.1. The number of carbonyl (C=O) groups is 1. The Morgan fingerprint density at radius 2 is 1.94 bits per heavy atom. The van der Waals surface area contributed by atoms with Gasteiger partial charge in [0.1, 0.15) is 0 Å². The molecule has 0 saturated heterocycles. The molecule has 3 rings (SSSR count). The van der Waals surface area contributed by atoms with Crippen molar-refractivity contribution in [1.82, 2.24) is 14.5 Å². The molecule has 1 amide bonds. The molecule has 0 aliphatic carbocycles. The van der Waals surface area contributed by atoms with Crippen LogP contribution in [0.25, 0.3) is 10.9 Å². The first-order chi connectivity index (χ1) is 14.9. The lowest BCUT2D eigenvalue weighted by Gasteiger charge is -2.14. The van der Waals surface area contributed by atoms with Crippen LogP contribution in [-0.2, 0) is 17.0 Å². The first kappa shape index (κ1) is 23.0. The van der Waals surface area contributed by atoms with Gasteiger partial charge in [0.15, 0.2) is 5.16 Å². The molecule has 0 atom stereocenters. The summed E-state index contributed by atoms with van der Waals surface area (Å²) in [5.41, 5.74) is 2.32. The highest BCUT2D eigenvalue weighted by Crippen LogP contribution is 2.23. The van der Waals surface area contributed by atoms with E-state index in [1.165, 1.54) is 11.8 Å². The van der Waals surface area contributed by atoms with E-state index in [9.17, 15) is 9.59 Å². The normalized spacial score (nSPS) is 11.3. The number of fused-ring (bicyclic) bond motifs is 1. The first-order valence-electron chi connectivity index (χ1n) is 10.4. The molecule has 0 aliphatic heterocycles. The van der Waals surface area contributed by atoms with E-state index in [1.54, 1.807) is 23.6 Å². The zero-order valence-electron chi connectivity index (χ0n) is 18.5. The molecule has 0 fully saturated rings. The highest BCUT2D eigenvalue weighted by Gasteiger charge is 2.13. The van der Waals surface area contributed by atoms with Crippen LogP contribution in [0.3, 0.4) is 0 Å². The molecule has 164 valence electrons. The van der Waals surface area contributed by atoms with Gasteiger partial charge in [0.25, 0.3) is 11.5 Å². The molecule has 3 aromatic rings. The molecule has 0 saturated carbocycles. The van der Waals surface area contributed by atoms with Crippen molar-refractivity contribution in [1.29, 1.82) is 0 Å². The third-order valence-electron chi connectivity index (χ3n) is 4.75. The second-order valence-electron chi connectivity index (χ2n) is 7.83. The van der Waals surface area contributed by atoms with Gasteiger partial charge >= 0.3 is 0 Å². The van der Waals surface area contributed by atoms with Crippen LogP contribution in [0.2, 0.25) is 0 Å². The molecule has 1 heterocycles. The van der Waals surface area contributed by atoms with Gasteiger partial charge in [0.05, 0.1) is 17.0 Å². The first-order valence-corrected chi connectivity index (χ1v) is 11.4. The third-order valence-corrected chi connectivity index (χ3v) is 5.80. The van der Waals surface area contributed by atoms with Gasteiger partial charge < -0.3 is 9.64 Å². The SMILES string of the molecule is CC(C)OCCCn1c(SCc2cccc(C(=O)N(C)C)c2)nc2ccccc2c1=O. The van der Waals surface area contributed by atoms with Crippen molar-refractivity contribution < 1.29 is 9.53 Å². The second kappa shape index (κ2) is 10.6. The number of aromatic nitrogens is 2. The number of thioether (sulfide) groups is 1. The largest absolute Gasteiger partial charge is 0.379 e. The van der Waals surface area contributed by atoms with Gasteiger partial charge in [-0.3, -0.25) is 14.2 Å². The predicted molar refractivity (Wildman–Crippen MR) is 126 cm³/mol. The van der Waals surface area contributed by atoms with Crippen LogP contribution in [0.4, 0.5) is 0 Å². The third kappa shape index (κ3) is 5.95. The number of rotatable bonds is 9. The zero-order chi connectivity index (χ0) is 22.4. The van der Waals surface area contributed by atoms with Gasteiger partial charge in [-0.2, -0.15) is 0 Å². The molecule has 0 bridgehead atoms. The standard InChI is InChI=1S/C24H29N3O3S/c1-17(2)30-14-8-13-27-23(29)20-11-5-6-12-21(20)25-24(27)31-16-18-9-7-10-19(15-18)22(28)26(3)4/h5-7,9-12,15,17H,8,13-14,16H2,1-4H3. The Morgan fingerprint density at radius 1 is 1.16 bits per heavy atom. The van der Waals surface area contributed by atoms with E-state index in [2.05, 4.69) is 0 Å². The Kier molecular flexibility index (Phi) is 7.87. The molecule has 7 heteroatoms. The maximum atomic E-state index is 13.1. The fourth-order valence-electron chi connectivity index (χ4n) is 3.20. The molecule has 31 heavy (non-hydrogen) atoms. The summed E-state index contributed by atoms with van der Waals surface area (Å²) in [6.45, 7) is 5.14. The lowest BCUT2D eigenvalue weighted by atomic mass is 10.1. The smallest absolute Gasteiger partial charge is 0.262 e. The van der Waals surface area contributed by atoms with E-state index in [4.69, 9.17) is 9.72 Å². The number of ether oxygens (including phenoxy) is 1. The van der Waals surface area contributed by atoms with Crippen molar-refractivity contribution in [3.8, 4) is 0 Å². The van der Waals surface area contributed by atoms with Crippen molar-refractivity contribution in [3.63, 3.8) is 0 Å². The number of nitrogens with zero attached hydrogens (tertiary/aromatic N) is 3. The van der Waals surface area contributed by atoms with E-state index in [0.29, 0.717) is 40.5 Å². The fourth-order valence-corrected chi connectivity index (χ4v) is 4.17. The van der Waals surface area contributed by atoms with Gasteiger partial charge in [-0.25, -0.2) is 4.98 Å². The second-order valence-corrected chi connectivity index (χ2v) is 8.77. The van der Waals surface area contributed by atoms with E-state index < -0.39 is 0 Å². The lowest BCUT2D eigenvalue weighted by molar-refractivity contribution is 0.0743.